The topological polar surface area (TPSA) is 61.2 Å². The fourth-order valence-electron chi connectivity index (χ4n) is 2.39. The van der Waals surface area contributed by atoms with E-state index in [-0.39, 0.29) is 17.3 Å². The van der Waals surface area contributed by atoms with Crippen LogP contribution >= 0.6 is 11.6 Å². The van der Waals surface area contributed by atoms with Crippen LogP contribution in [0, 0.1) is 0 Å². The lowest BCUT2D eigenvalue weighted by atomic mass is 10.1. The van der Waals surface area contributed by atoms with Crippen LogP contribution in [0.4, 0.5) is 0 Å². The van der Waals surface area contributed by atoms with Crippen LogP contribution < -0.4 is 10.3 Å². The molecule has 24 heavy (non-hydrogen) atoms. The van der Waals surface area contributed by atoms with E-state index in [1.165, 1.54) is 4.68 Å². The summed E-state index contributed by atoms with van der Waals surface area (Å²) in [7, 11) is 0. The van der Waals surface area contributed by atoms with E-state index in [9.17, 15) is 9.59 Å². The summed E-state index contributed by atoms with van der Waals surface area (Å²) in [6.07, 6.45) is 0. The molecule has 1 aromatic heterocycles. The van der Waals surface area contributed by atoms with Gasteiger partial charge in [0.05, 0.1) is 11.4 Å². The molecular formula is C18H15ClN2O3. The van der Waals surface area contributed by atoms with E-state index in [4.69, 9.17) is 16.3 Å². The molecule has 1 heterocycles. The van der Waals surface area contributed by atoms with Crippen LogP contribution in [-0.4, -0.2) is 15.7 Å². The lowest BCUT2D eigenvalue weighted by Crippen LogP contribution is -2.28. The van der Waals surface area contributed by atoms with Gasteiger partial charge < -0.3 is 4.74 Å². The summed E-state index contributed by atoms with van der Waals surface area (Å²) in [6, 6.07) is 13.2. The lowest BCUT2D eigenvalue weighted by molar-refractivity contribution is 0.0728. The van der Waals surface area contributed by atoms with E-state index in [1.54, 1.807) is 48.5 Å². The summed E-state index contributed by atoms with van der Waals surface area (Å²) in [6.45, 7) is 3.66. The van der Waals surface area contributed by atoms with Gasteiger partial charge in [0, 0.05) is 10.4 Å². The van der Waals surface area contributed by atoms with Gasteiger partial charge in [0.2, 0.25) is 0 Å². The quantitative estimate of drug-likeness (QED) is 0.536. The molecule has 3 rings (SSSR count). The number of benzene rings is 2. The Kier molecular flexibility index (Phi) is 4.36. The van der Waals surface area contributed by atoms with E-state index in [0.717, 1.165) is 0 Å². The highest BCUT2D eigenvalue weighted by Gasteiger charge is 2.19. The van der Waals surface area contributed by atoms with Gasteiger partial charge in [0.25, 0.3) is 5.56 Å². The first-order chi connectivity index (χ1) is 11.5. The van der Waals surface area contributed by atoms with Crippen LogP contribution in [0.3, 0.4) is 0 Å². The van der Waals surface area contributed by atoms with Gasteiger partial charge >= 0.3 is 5.97 Å². The molecule has 0 fully saturated rings. The Labute approximate surface area is 143 Å². The number of rotatable bonds is 3. The van der Waals surface area contributed by atoms with E-state index < -0.39 is 5.97 Å². The second-order valence-corrected chi connectivity index (χ2v) is 6.02. The van der Waals surface area contributed by atoms with Crippen molar-refractivity contribution in [2.75, 3.05) is 0 Å². The number of hydrogen-bond acceptors (Lipinski definition) is 4. The fourth-order valence-corrected chi connectivity index (χ4v) is 2.57. The number of esters is 1. The molecule has 6 heteroatoms. The molecule has 122 valence electrons. The minimum absolute atomic E-state index is 0.0962. The second kappa shape index (κ2) is 6.45. The Morgan fingerprint density at radius 1 is 1.12 bits per heavy atom. The Morgan fingerprint density at radius 2 is 1.83 bits per heavy atom. The molecule has 0 bridgehead atoms. The molecule has 0 aliphatic rings. The number of halogens is 1. The van der Waals surface area contributed by atoms with Crippen LogP contribution in [-0.2, 0) is 0 Å². The van der Waals surface area contributed by atoms with Crippen molar-refractivity contribution in [2.45, 2.75) is 19.9 Å². The average Bonchev–Trinajstić information content (AvgIpc) is 2.55. The maximum absolute atomic E-state index is 12.6. The first-order valence-electron chi connectivity index (χ1n) is 7.46. The predicted molar refractivity (Wildman–Crippen MR) is 92.8 cm³/mol. The van der Waals surface area contributed by atoms with Crippen LogP contribution in [0.25, 0.3) is 10.8 Å². The van der Waals surface area contributed by atoms with E-state index in [0.29, 0.717) is 21.5 Å². The number of aromatic nitrogens is 2. The number of ether oxygens (including phenoxy) is 1. The predicted octanol–water partition coefficient (Wildman–Crippen LogP) is 3.85. The van der Waals surface area contributed by atoms with Crippen molar-refractivity contribution in [3.05, 3.63) is 69.6 Å². The molecule has 0 spiro atoms. The molecule has 3 aromatic rings. The minimum Gasteiger partial charge on any atom is -0.422 e. The minimum atomic E-state index is -0.636. The normalized spacial score (nSPS) is 11.0. The average molecular weight is 343 g/mol. The van der Waals surface area contributed by atoms with Crippen LogP contribution in [0.5, 0.6) is 5.75 Å². The van der Waals surface area contributed by atoms with E-state index in [2.05, 4.69) is 5.10 Å². The summed E-state index contributed by atoms with van der Waals surface area (Å²) in [5.41, 5.74) is -0.140. The van der Waals surface area contributed by atoms with Crippen molar-refractivity contribution < 1.29 is 9.53 Å². The van der Waals surface area contributed by atoms with Gasteiger partial charge in [0.1, 0.15) is 5.75 Å². The number of hydrogen-bond donors (Lipinski definition) is 0. The largest absolute Gasteiger partial charge is 0.422 e. The lowest BCUT2D eigenvalue weighted by Gasteiger charge is -2.13. The molecule has 5 nitrogen and oxygen atoms in total. The van der Waals surface area contributed by atoms with Gasteiger partial charge in [-0.05, 0) is 38.1 Å². The number of carbonyl (C=O) groups excluding carboxylic acids is 1. The zero-order chi connectivity index (χ0) is 17.3. The molecule has 0 aliphatic heterocycles. The van der Waals surface area contributed by atoms with Crippen LogP contribution in [0.1, 0.15) is 30.4 Å². The van der Waals surface area contributed by atoms with Gasteiger partial charge in [-0.3, -0.25) is 4.79 Å². The third-order valence-electron chi connectivity index (χ3n) is 3.52. The standard InChI is InChI=1S/C18H15ClN2O3/c1-11(2)21-17(22)15-9-4-3-8-14(15)16(20-21)18(23)24-13-7-5-6-12(19)10-13/h3-11H,1-2H3. The van der Waals surface area contributed by atoms with Gasteiger partial charge in [-0.2, -0.15) is 5.10 Å². The van der Waals surface area contributed by atoms with E-state index >= 15 is 0 Å². The van der Waals surface area contributed by atoms with Gasteiger partial charge in [-0.25, -0.2) is 9.48 Å². The number of carbonyl (C=O) groups is 1. The summed E-state index contributed by atoms with van der Waals surface area (Å²) in [5.74, 6) is -0.316. The highest BCUT2D eigenvalue weighted by Crippen LogP contribution is 2.20. The Bertz CT molecular complexity index is 979. The third-order valence-corrected chi connectivity index (χ3v) is 3.75. The summed E-state index contributed by atoms with van der Waals surface area (Å²) >= 11 is 5.90. The molecule has 0 atom stereocenters. The SMILES string of the molecule is CC(C)n1nc(C(=O)Oc2cccc(Cl)c2)c2ccccc2c1=O. The van der Waals surface area contributed by atoms with Crippen molar-refractivity contribution >= 4 is 28.3 Å². The second-order valence-electron chi connectivity index (χ2n) is 5.58. The molecule has 0 unspecified atom stereocenters. The van der Waals surface area contributed by atoms with Crippen molar-refractivity contribution in [2.24, 2.45) is 0 Å². The molecule has 0 radical (unpaired) electrons. The van der Waals surface area contributed by atoms with Crippen LogP contribution in [0.2, 0.25) is 5.02 Å². The molecule has 0 saturated carbocycles. The first kappa shape index (κ1) is 16.2. The van der Waals surface area contributed by atoms with Crippen molar-refractivity contribution in [3.8, 4) is 5.75 Å². The van der Waals surface area contributed by atoms with Gasteiger partial charge in [-0.1, -0.05) is 35.9 Å². The zero-order valence-electron chi connectivity index (χ0n) is 13.2. The highest BCUT2D eigenvalue weighted by molar-refractivity contribution is 6.30. The molecular weight excluding hydrogens is 328 g/mol. The van der Waals surface area contributed by atoms with Crippen molar-refractivity contribution in [1.82, 2.24) is 9.78 Å². The summed E-state index contributed by atoms with van der Waals surface area (Å²) in [4.78, 5) is 25.1. The fraction of sp³-hybridized carbons (Fsp3) is 0.167. The smallest absolute Gasteiger partial charge is 0.364 e. The number of fused-ring (bicyclic) bond motifs is 1. The highest BCUT2D eigenvalue weighted by atomic mass is 35.5. The first-order valence-corrected chi connectivity index (χ1v) is 7.84. The Morgan fingerprint density at radius 3 is 2.50 bits per heavy atom. The van der Waals surface area contributed by atoms with E-state index in [1.807, 2.05) is 13.8 Å². The number of nitrogens with zero attached hydrogens (tertiary/aromatic N) is 2. The Balaban J connectivity index is 2.13. The van der Waals surface area contributed by atoms with Gasteiger partial charge in [-0.15, -0.1) is 0 Å². The molecule has 0 amide bonds. The molecule has 0 saturated heterocycles. The molecule has 0 aliphatic carbocycles. The van der Waals surface area contributed by atoms with Crippen molar-refractivity contribution in [3.63, 3.8) is 0 Å². The van der Waals surface area contributed by atoms with Gasteiger partial charge in [0.15, 0.2) is 5.69 Å². The monoisotopic (exact) mass is 342 g/mol. The summed E-state index contributed by atoms with van der Waals surface area (Å²) < 4.78 is 6.65. The maximum atomic E-state index is 12.6. The molecule has 0 N–H and O–H groups in total. The van der Waals surface area contributed by atoms with Crippen molar-refractivity contribution in [1.29, 1.82) is 0 Å². The summed E-state index contributed by atoms with van der Waals surface area (Å²) in [5, 5.41) is 5.57. The zero-order valence-corrected chi connectivity index (χ0v) is 13.9. The maximum Gasteiger partial charge on any atom is 0.364 e. The molecule has 2 aromatic carbocycles. The van der Waals surface area contributed by atoms with Crippen LogP contribution in [0.15, 0.2) is 53.3 Å². The Hall–Kier alpha value is -2.66. The third kappa shape index (κ3) is 3.03.